The number of amides is 1. The second-order valence-corrected chi connectivity index (χ2v) is 6.28. The number of hydrogen-bond donors (Lipinski definition) is 1. The van der Waals surface area contributed by atoms with E-state index in [2.05, 4.69) is 15.2 Å². The highest BCUT2D eigenvalue weighted by molar-refractivity contribution is 5.95. The summed E-state index contributed by atoms with van der Waals surface area (Å²) in [5.74, 6) is 1.48. The number of aryl methyl sites for hydroxylation is 1. The number of pyridine rings is 1. The molecule has 0 saturated carbocycles. The van der Waals surface area contributed by atoms with E-state index in [1.807, 2.05) is 13.0 Å². The van der Waals surface area contributed by atoms with Crippen molar-refractivity contribution in [2.45, 2.75) is 25.8 Å². The maximum absolute atomic E-state index is 12.4. The highest BCUT2D eigenvalue weighted by Crippen LogP contribution is 2.27. The van der Waals surface area contributed by atoms with Crippen LogP contribution >= 0.6 is 0 Å². The fraction of sp³-hybridized carbons (Fsp3) is 0.500. The molecule has 0 aliphatic carbocycles. The average Bonchev–Trinajstić information content (AvgIpc) is 2.99. The molecule has 110 valence electrons. The molecule has 2 saturated heterocycles. The van der Waals surface area contributed by atoms with Gasteiger partial charge in [-0.05, 0) is 38.3 Å². The van der Waals surface area contributed by atoms with Gasteiger partial charge in [0.2, 0.25) is 0 Å². The predicted octanol–water partition coefficient (Wildman–Crippen LogP) is 1.96. The van der Waals surface area contributed by atoms with Crippen molar-refractivity contribution in [1.29, 1.82) is 0 Å². The fourth-order valence-electron chi connectivity index (χ4n) is 3.61. The number of carbonyl (C=O) groups is 1. The Morgan fingerprint density at radius 2 is 2.33 bits per heavy atom. The first-order valence-electron chi connectivity index (χ1n) is 7.57. The Bertz CT molecular complexity index is 682. The first kappa shape index (κ1) is 12.8. The summed E-state index contributed by atoms with van der Waals surface area (Å²) in [6.45, 7) is 5.23. The third-order valence-corrected chi connectivity index (χ3v) is 4.56. The first-order chi connectivity index (χ1) is 10.2. The standard InChI is InChI=1S/C16H19N3O2/c1-10-4-12-7-17-14(6-15(12)21-10)16(20)18-13-5-11-2-3-19(8-11)9-13/h4,6-7,11,13H,2-3,5,8-9H2,1H3,(H,18,20)/t11-,13+/m0/s1. The molecule has 2 aromatic rings. The zero-order chi connectivity index (χ0) is 14.4. The Hall–Kier alpha value is -1.88. The van der Waals surface area contributed by atoms with Crippen LogP contribution in [0.1, 0.15) is 29.1 Å². The molecular formula is C16H19N3O2. The van der Waals surface area contributed by atoms with Crippen LogP contribution in [0.25, 0.3) is 11.0 Å². The summed E-state index contributed by atoms with van der Waals surface area (Å²) in [5, 5.41) is 4.06. The lowest BCUT2D eigenvalue weighted by Crippen LogP contribution is -2.47. The third kappa shape index (κ3) is 2.42. The van der Waals surface area contributed by atoms with Gasteiger partial charge >= 0.3 is 0 Å². The minimum atomic E-state index is -0.0987. The Morgan fingerprint density at radius 3 is 3.19 bits per heavy atom. The number of rotatable bonds is 2. The molecule has 2 aliphatic rings. The molecule has 2 fully saturated rings. The number of aromatic nitrogens is 1. The maximum atomic E-state index is 12.4. The molecule has 0 aromatic carbocycles. The number of hydrogen-bond acceptors (Lipinski definition) is 4. The molecule has 4 rings (SSSR count). The van der Waals surface area contributed by atoms with E-state index in [-0.39, 0.29) is 11.9 Å². The lowest BCUT2D eigenvalue weighted by atomic mass is 9.97. The maximum Gasteiger partial charge on any atom is 0.270 e. The van der Waals surface area contributed by atoms with Crippen molar-refractivity contribution in [3.05, 3.63) is 29.8 Å². The number of nitrogens with zero attached hydrogens (tertiary/aromatic N) is 2. The van der Waals surface area contributed by atoms with Crippen LogP contribution in [0.3, 0.4) is 0 Å². The number of nitrogens with one attached hydrogen (secondary N) is 1. The topological polar surface area (TPSA) is 58.4 Å². The lowest BCUT2D eigenvalue weighted by molar-refractivity contribution is 0.0904. The molecule has 1 unspecified atom stereocenters. The van der Waals surface area contributed by atoms with Gasteiger partial charge in [-0.3, -0.25) is 9.78 Å². The molecule has 3 atom stereocenters. The second kappa shape index (κ2) is 4.84. The SMILES string of the molecule is Cc1cc2cnc(C(=O)N[C@@H]3C[C@@H]4CCN(C4)C3)cc2o1. The van der Waals surface area contributed by atoms with E-state index >= 15 is 0 Å². The highest BCUT2D eigenvalue weighted by atomic mass is 16.3. The van der Waals surface area contributed by atoms with Crippen LogP contribution in [-0.2, 0) is 0 Å². The van der Waals surface area contributed by atoms with Crippen molar-refractivity contribution < 1.29 is 9.21 Å². The van der Waals surface area contributed by atoms with Crippen LogP contribution in [0.5, 0.6) is 0 Å². The molecule has 1 amide bonds. The van der Waals surface area contributed by atoms with E-state index in [9.17, 15) is 4.79 Å². The average molecular weight is 285 g/mol. The van der Waals surface area contributed by atoms with Crippen molar-refractivity contribution in [3.8, 4) is 0 Å². The Labute approximate surface area is 123 Å². The molecule has 5 nitrogen and oxygen atoms in total. The predicted molar refractivity (Wildman–Crippen MR) is 79.2 cm³/mol. The molecule has 2 aromatic heterocycles. The lowest BCUT2D eigenvalue weighted by Gasteiger charge is -2.30. The van der Waals surface area contributed by atoms with Crippen LogP contribution in [0.2, 0.25) is 0 Å². The van der Waals surface area contributed by atoms with Gasteiger partial charge in [0, 0.05) is 36.8 Å². The number of piperidine rings is 1. The van der Waals surface area contributed by atoms with Gasteiger partial charge < -0.3 is 14.6 Å². The van der Waals surface area contributed by atoms with Gasteiger partial charge in [-0.2, -0.15) is 0 Å². The van der Waals surface area contributed by atoms with Crippen molar-refractivity contribution in [1.82, 2.24) is 15.2 Å². The van der Waals surface area contributed by atoms with Crippen LogP contribution in [-0.4, -0.2) is 41.5 Å². The van der Waals surface area contributed by atoms with E-state index in [1.54, 1.807) is 12.3 Å². The van der Waals surface area contributed by atoms with Crippen molar-refractivity contribution >= 4 is 16.9 Å². The highest BCUT2D eigenvalue weighted by Gasteiger charge is 2.33. The Kier molecular flexibility index (Phi) is 2.96. The first-order valence-corrected chi connectivity index (χ1v) is 7.57. The minimum absolute atomic E-state index is 0.0987. The van der Waals surface area contributed by atoms with Gasteiger partial charge in [0.25, 0.3) is 5.91 Å². The molecule has 2 aliphatic heterocycles. The number of furan rings is 1. The van der Waals surface area contributed by atoms with Gasteiger partial charge in [-0.25, -0.2) is 0 Å². The normalized spacial score (nSPS) is 28.0. The quantitative estimate of drug-likeness (QED) is 0.916. The van der Waals surface area contributed by atoms with Gasteiger partial charge in [-0.1, -0.05) is 0 Å². The number of carbonyl (C=O) groups excluding carboxylic acids is 1. The van der Waals surface area contributed by atoms with Crippen molar-refractivity contribution in [3.63, 3.8) is 0 Å². The van der Waals surface area contributed by atoms with Gasteiger partial charge in [0.1, 0.15) is 17.0 Å². The number of fused-ring (bicyclic) bond motifs is 3. The Balaban J connectivity index is 1.50. The monoisotopic (exact) mass is 285 g/mol. The third-order valence-electron chi connectivity index (χ3n) is 4.56. The molecule has 0 spiro atoms. The van der Waals surface area contributed by atoms with E-state index in [1.165, 1.54) is 19.5 Å². The summed E-state index contributed by atoms with van der Waals surface area (Å²) in [6.07, 6.45) is 4.06. The van der Waals surface area contributed by atoms with Crippen LogP contribution < -0.4 is 5.32 Å². The van der Waals surface area contributed by atoms with Gasteiger partial charge in [-0.15, -0.1) is 0 Å². The summed E-state index contributed by atoms with van der Waals surface area (Å²) in [5.41, 5.74) is 1.16. The van der Waals surface area contributed by atoms with Crippen LogP contribution in [0, 0.1) is 12.8 Å². The van der Waals surface area contributed by atoms with E-state index in [4.69, 9.17) is 4.42 Å². The zero-order valence-corrected chi connectivity index (χ0v) is 12.1. The van der Waals surface area contributed by atoms with Gasteiger partial charge in [0.05, 0.1) is 0 Å². The molecule has 4 heterocycles. The summed E-state index contributed by atoms with van der Waals surface area (Å²) < 4.78 is 5.56. The molecule has 21 heavy (non-hydrogen) atoms. The van der Waals surface area contributed by atoms with Crippen LogP contribution in [0.15, 0.2) is 22.7 Å². The van der Waals surface area contributed by atoms with Crippen molar-refractivity contribution in [2.24, 2.45) is 5.92 Å². The summed E-state index contributed by atoms with van der Waals surface area (Å²) in [6, 6.07) is 3.90. The fourth-order valence-corrected chi connectivity index (χ4v) is 3.61. The van der Waals surface area contributed by atoms with E-state index in [0.717, 1.165) is 35.6 Å². The second-order valence-electron chi connectivity index (χ2n) is 6.28. The van der Waals surface area contributed by atoms with Crippen LogP contribution in [0.4, 0.5) is 0 Å². The molecule has 2 bridgehead atoms. The van der Waals surface area contributed by atoms with E-state index in [0.29, 0.717) is 5.69 Å². The molecular weight excluding hydrogens is 266 g/mol. The smallest absolute Gasteiger partial charge is 0.270 e. The van der Waals surface area contributed by atoms with E-state index < -0.39 is 0 Å². The molecule has 5 heteroatoms. The van der Waals surface area contributed by atoms with Crippen molar-refractivity contribution in [2.75, 3.05) is 19.6 Å². The summed E-state index contributed by atoms with van der Waals surface area (Å²) >= 11 is 0. The van der Waals surface area contributed by atoms with Gasteiger partial charge in [0.15, 0.2) is 0 Å². The Morgan fingerprint density at radius 1 is 1.43 bits per heavy atom. The largest absolute Gasteiger partial charge is 0.461 e. The summed E-state index contributed by atoms with van der Waals surface area (Å²) in [4.78, 5) is 19.1. The summed E-state index contributed by atoms with van der Waals surface area (Å²) in [7, 11) is 0. The molecule has 1 N–H and O–H groups in total. The molecule has 0 radical (unpaired) electrons. The zero-order valence-electron chi connectivity index (χ0n) is 12.1. The minimum Gasteiger partial charge on any atom is -0.461 e.